The summed E-state index contributed by atoms with van der Waals surface area (Å²) in [4.78, 5) is 27.7. The van der Waals surface area contributed by atoms with Gasteiger partial charge in [0.05, 0.1) is 6.61 Å². The molecule has 0 radical (unpaired) electrons. The molecule has 0 aromatic heterocycles. The van der Waals surface area contributed by atoms with E-state index in [0.29, 0.717) is 18.6 Å². The lowest BCUT2D eigenvalue weighted by atomic mass is 10.0. The molecule has 0 spiro atoms. The fourth-order valence-corrected chi connectivity index (χ4v) is 6.42. The lowest BCUT2D eigenvalue weighted by molar-refractivity contribution is -0.137. The van der Waals surface area contributed by atoms with E-state index in [1.807, 2.05) is 24.3 Å². The van der Waals surface area contributed by atoms with Crippen LogP contribution in [0.2, 0.25) is 0 Å². The molecule has 0 aliphatic rings. The van der Waals surface area contributed by atoms with Crippen LogP contribution in [-0.4, -0.2) is 18.5 Å². The third kappa shape index (κ3) is 9.41. The van der Waals surface area contributed by atoms with Crippen molar-refractivity contribution in [2.75, 3.05) is 16.4 Å². The fourth-order valence-electron chi connectivity index (χ4n) is 6.42. The van der Waals surface area contributed by atoms with Gasteiger partial charge >= 0.3 is 11.9 Å². The molecule has 0 fully saturated rings. The Morgan fingerprint density at radius 1 is 0.500 bits per heavy atom. The number of hydrogen-bond donors (Lipinski definition) is 0. The quantitative estimate of drug-likeness (QED) is 0.0560. The summed E-state index contributed by atoms with van der Waals surface area (Å²) in [7, 11) is 0. The van der Waals surface area contributed by atoms with Gasteiger partial charge in [0.15, 0.2) is 0 Å². The molecule has 0 saturated carbocycles. The molecular weight excluding hydrogens is 693 g/mol. The van der Waals surface area contributed by atoms with Crippen molar-refractivity contribution in [3.63, 3.8) is 0 Å². The van der Waals surface area contributed by atoms with Crippen LogP contribution >= 0.6 is 0 Å². The van der Waals surface area contributed by atoms with Gasteiger partial charge in [-0.3, -0.25) is 0 Å². The average molecular weight is 739 g/mol. The molecule has 280 valence electrons. The van der Waals surface area contributed by atoms with Crippen LogP contribution in [0.5, 0.6) is 0 Å². The molecule has 6 heteroatoms. The van der Waals surface area contributed by atoms with Crippen molar-refractivity contribution in [2.24, 2.45) is 0 Å². The Bertz CT molecular complexity index is 2270. The van der Waals surface area contributed by atoms with Crippen LogP contribution in [0.25, 0.3) is 16.9 Å². The number of nitrogens with zero attached hydrogens (tertiary/aromatic N) is 2. The number of rotatable bonds is 16. The summed E-state index contributed by atoms with van der Waals surface area (Å²) in [5, 5.41) is 0. The van der Waals surface area contributed by atoms with Crippen LogP contribution in [0.4, 0.5) is 34.1 Å². The number of benzene rings is 6. The summed E-state index contributed by atoms with van der Waals surface area (Å²) < 4.78 is 10.4. The number of carbonyl (C=O) groups excluding carboxylic acids is 2. The molecule has 6 nitrogen and oxygen atoms in total. The van der Waals surface area contributed by atoms with Gasteiger partial charge in [0, 0.05) is 58.3 Å². The van der Waals surface area contributed by atoms with Crippen LogP contribution in [0.3, 0.4) is 0 Å². The van der Waals surface area contributed by atoms with Crippen molar-refractivity contribution < 1.29 is 19.1 Å². The van der Waals surface area contributed by atoms with Gasteiger partial charge in [-0.2, -0.15) is 0 Å². The first kappa shape index (κ1) is 38.8. The Balaban J connectivity index is 1.26. The van der Waals surface area contributed by atoms with E-state index in [-0.39, 0.29) is 5.76 Å². The third-order valence-corrected chi connectivity index (χ3v) is 9.62. The van der Waals surface area contributed by atoms with Gasteiger partial charge in [-0.1, -0.05) is 94.2 Å². The zero-order chi connectivity index (χ0) is 39.4. The molecule has 0 aliphatic carbocycles. The van der Waals surface area contributed by atoms with Crippen LogP contribution in [0.15, 0.2) is 177 Å². The van der Waals surface area contributed by atoms with Gasteiger partial charge in [0.25, 0.3) is 0 Å². The number of hydrogen-bond acceptors (Lipinski definition) is 6. The van der Waals surface area contributed by atoms with Crippen molar-refractivity contribution in [1.82, 2.24) is 0 Å². The molecule has 0 N–H and O–H groups in total. The largest absolute Gasteiger partial charge is 0.462 e. The summed E-state index contributed by atoms with van der Waals surface area (Å²) in [5.74, 6) is -0.686. The van der Waals surface area contributed by atoms with Crippen LogP contribution in [0, 0.1) is 0 Å². The van der Waals surface area contributed by atoms with E-state index in [9.17, 15) is 9.59 Å². The van der Waals surface area contributed by atoms with Crippen molar-refractivity contribution in [3.8, 4) is 11.1 Å². The molecule has 56 heavy (non-hydrogen) atoms. The van der Waals surface area contributed by atoms with Crippen LogP contribution in [0.1, 0.15) is 36.1 Å². The summed E-state index contributed by atoms with van der Waals surface area (Å²) in [5.41, 5.74) is 12.6. The van der Waals surface area contributed by atoms with E-state index in [2.05, 4.69) is 165 Å². The van der Waals surface area contributed by atoms with Crippen molar-refractivity contribution >= 4 is 51.8 Å². The molecule has 0 bridgehead atoms. The van der Waals surface area contributed by atoms with Crippen molar-refractivity contribution in [3.05, 3.63) is 200 Å². The summed E-state index contributed by atoms with van der Waals surface area (Å²) in [6.07, 6.45) is 4.86. The summed E-state index contributed by atoms with van der Waals surface area (Å²) in [6.45, 7) is 15.5. The van der Waals surface area contributed by atoms with E-state index in [0.717, 1.165) is 69.7 Å². The minimum Gasteiger partial charge on any atom is -0.462 e. The van der Waals surface area contributed by atoms with Crippen LogP contribution < -0.4 is 9.80 Å². The minimum atomic E-state index is -0.543. The first-order valence-corrected chi connectivity index (χ1v) is 18.8. The monoisotopic (exact) mass is 738 g/mol. The number of carbonyl (C=O) groups is 2. The maximum atomic E-state index is 11.7. The maximum absolute atomic E-state index is 11.7. The average Bonchev–Trinajstić information content (AvgIpc) is 3.25. The maximum Gasteiger partial charge on any atom is 0.335 e. The normalized spacial score (nSPS) is 10.6. The second-order valence-electron chi connectivity index (χ2n) is 13.2. The van der Waals surface area contributed by atoms with E-state index in [4.69, 9.17) is 9.47 Å². The molecule has 6 aromatic carbocycles. The van der Waals surface area contributed by atoms with Gasteiger partial charge in [0.2, 0.25) is 0 Å². The number of anilines is 6. The molecule has 6 aromatic rings. The Morgan fingerprint density at radius 2 is 0.839 bits per heavy atom. The highest BCUT2D eigenvalue weighted by Gasteiger charge is 2.16. The predicted molar refractivity (Wildman–Crippen MR) is 230 cm³/mol. The van der Waals surface area contributed by atoms with Gasteiger partial charge in [-0.15, -0.1) is 0 Å². The first-order valence-electron chi connectivity index (χ1n) is 18.8. The zero-order valence-electron chi connectivity index (χ0n) is 32.0. The van der Waals surface area contributed by atoms with Crippen LogP contribution in [-0.2, 0) is 38.3 Å². The van der Waals surface area contributed by atoms with E-state index in [1.165, 1.54) is 17.2 Å². The van der Waals surface area contributed by atoms with E-state index in [1.54, 1.807) is 0 Å². The Labute approximate surface area is 330 Å². The summed E-state index contributed by atoms with van der Waals surface area (Å²) in [6, 6.07) is 50.6. The minimum absolute atomic E-state index is 0.270. The lowest BCUT2D eigenvalue weighted by Crippen LogP contribution is -2.10. The smallest absolute Gasteiger partial charge is 0.335 e. The summed E-state index contributed by atoms with van der Waals surface area (Å²) >= 11 is 0. The molecule has 0 unspecified atom stereocenters. The lowest BCUT2D eigenvalue weighted by Gasteiger charge is -2.26. The topological polar surface area (TPSA) is 59.1 Å². The molecule has 0 aliphatic heterocycles. The molecule has 6 rings (SSSR count). The Morgan fingerprint density at radius 3 is 1.20 bits per heavy atom. The number of aryl methyl sites for hydroxylation is 2. The first-order chi connectivity index (χ1) is 27.3. The number of esters is 2. The molecule has 0 atom stereocenters. The predicted octanol–water partition coefficient (Wildman–Crippen LogP) is 12.4. The molecule has 0 amide bonds. The van der Waals surface area contributed by atoms with Gasteiger partial charge in [0.1, 0.15) is 5.76 Å². The highest BCUT2D eigenvalue weighted by Crippen LogP contribution is 2.38. The molecule has 0 saturated heterocycles. The second-order valence-corrected chi connectivity index (χ2v) is 13.2. The van der Waals surface area contributed by atoms with E-state index >= 15 is 0 Å². The van der Waals surface area contributed by atoms with Crippen molar-refractivity contribution in [2.45, 2.75) is 33.1 Å². The highest BCUT2D eigenvalue weighted by molar-refractivity contribution is 5.87. The molecule has 0 heterocycles. The molecular formula is C50H46N2O4. The fraction of sp³-hybridized carbons (Fsp3) is 0.120. The van der Waals surface area contributed by atoms with Gasteiger partial charge in [-0.05, 0) is 126 Å². The highest BCUT2D eigenvalue weighted by atomic mass is 16.5. The van der Waals surface area contributed by atoms with Crippen molar-refractivity contribution in [1.29, 1.82) is 0 Å². The van der Waals surface area contributed by atoms with E-state index < -0.39 is 11.9 Å². The zero-order valence-corrected chi connectivity index (χ0v) is 32.0. The second kappa shape index (κ2) is 18.4. The Kier molecular flexibility index (Phi) is 12.8. The Hall–Kier alpha value is -6.92. The SMILES string of the molecule is C=CC(=O)OCCc1ccc(N(c2ccc(CC)cc2)c2ccc(-c3ccc(N(c4ccc(CC)cc4)c4ccc(C(=C)OC(=O)C=C)cc4)cc3)cc2)cc1. The number of ether oxygens (including phenoxy) is 2. The van der Waals surface area contributed by atoms with Gasteiger partial charge in [-0.25, -0.2) is 9.59 Å². The standard InChI is InChI=1S/C50H46N2O4/c1-6-37-10-22-43(23-11-37)51(45-26-14-39(15-27-45)34-35-55-49(53)8-3)47-30-18-41(19-31-47)42-20-32-48(33-21-42)52(44-24-12-38(7-2)13-25-44)46-28-16-40(17-29-46)36(5)56-50(54)9-4/h8-33H,3-7,34-35H2,1-2H3. The van der Waals surface area contributed by atoms with Gasteiger partial charge < -0.3 is 19.3 Å². The third-order valence-electron chi connectivity index (χ3n) is 9.62.